The van der Waals surface area contributed by atoms with Crippen molar-refractivity contribution < 1.29 is 9.53 Å². The van der Waals surface area contributed by atoms with Gasteiger partial charge in [-0.05, 0) is 29.7 Å². The van der Waals surface area contributed by atoms with Gasteiger partial charge in [0, 0.05) is 17.0 Å². The van der Waals surface area contributed by atoms with E-state index in [1.54, 1.807) is 24.3 Å². The third kappa shape index (κ3) is 4.08. The Morgan fingerprint density at radius 2 is 2.00 bits per heavy atom. The molecule has 3 aromatic carbocycles. The molecular weight excluding hydrogens is 427 g/mol. The maximum Gasteiger partial charge on any atom is 0.286 e. The van der Waals surface area contributed by atoms with Crippen LogP contribution in [-0.2, 0) is 11.3 Å². The van der Waals surface area contributed by atoms with Crippen LogP contribution in [0.15, 0.2) is 72.2 Å². The quantitative estimate of drug-likeness (QED) is 0.363. The number of benzene rings is 3. The van der Waals surface area contributed by atoms with Crippen molar-refractivity contribution in [3.8, 4) is 5.75 Å². The maximum absolute atomic E-state index is 12.5. The minimum Gasteiger partial charge on any atom is -0.482 e. The van der Waals surface area contributed by atoms with Crippen LogP contribution in [0.4, 0.5) is 0 Å². The van der Waals surface area contributed by atoms with E-state index in [1.807, 2.05) is 22.8 Å². The van der Waals surface area contributed by atoms with Crippen molar-refractivity contribution in [2.75, 3.05) is 6.61 Å². The van der Waals surface area contributed by atoms with E-state index in [0.29, 0.717) is 27.1 Å². The van der Waals surface area contributed by atoms with Crippen molar-refractivity contribution in [1.29, 1.82) is 0 Å². The number of rotatable bonds is 5. The summed E-state index contributed by atoms with van der Waals surface area (Å²) in [5, 5.41) is 3.12. The highest BCUT2D eigenvalue weighted by Gasteiger charge is 2.11. The molecule has 0 aliphatic heterocycles. The van der Waals surface area contributed by atoms with Gasteiger partial charge >= 0.3 is 0 Å². The summed E-state index contributed by atoms with van der Waals surface area (Å²) in [6.45, 7) is 4.16. The molecule has 0 aliphatic rings. The highest BCUT2D eigenvalue weighted by atomic mass is 35.5. The molecule has 1 aromatic heterocycles. The van der Waals surface area contributed by atoms with E-state index in [4.69, 9.17) is 27.9 Å². The average Bonchev–Trinajstić information content (AvgIpc) is 3.05. The van der Waals surface area contributed by atoms with Crippen molar-refractivity contribution in [2.24, 2.45) is 4.99 Å². The lowest BCUT2D eigenvalue weighted by Crippen LogP contribution is -2.19. The van der Waals surface area contributed by atoms with Crippen LogP contribution >= 0.6 is 34.5 Å². The number of nitrogens with zero attached hydrogens (tertiary/aromatic N) is 2. The Morgan fingerprint density at radius 3 is 2.79 bits per heavy atom. The minimum absolute atomic E-state index is 0.218. The molecular formula is C22H16Cl2N2O2S. The molecule has 7 heteroatoms. The van der Waals surface area contributed by atoms with Gasteiger partial charge in [0.25, 0.3) is 5.91 Å². The van der Waals surface area contributed by atoms with Crippen LogP contribution in [0, 0.1) is 0 Å². The van der Waals surface area contributed by atoms with E-state index < -0.39 is 5.91 Å². The molecule has 0 saturated carbocycles. The van der Waals surface area contributed by atoms with E-state index in [2.05, 4.69) is 29.8 Å². The molecule has 0 atom stereocenters. The molecule has 4 rings (SSSR count). The minimum atomic E-state index is -0.398. The van der Waals surface area contributed by atoms with Crippen molar-refractivity contribution in [3.63, 3.8) is 0 Å². The summed E-state index contributed by atoms with van der Waals surface area (Å²) in [5.41, 5.74) is 1.02. The number of carbonyl (C=O) groups is 1. The van der Waals surface area contributed by atoms with E-state index in [1.165, 1.54) is 11.3 Å². The largest absolute Gasteiger partial charge is 0.482 e. The number of thiazole rings is 1. The highest BCUT2D eigenvalue weighted by Crippen LogP contribution is 2.28. The van der Waals surface area contributed by atoms with Gasteiger partial charge in [0.1, 0.15) is 5.75 Å². The number of hydrogen-bond acceptors (Lipinski definition) is 3. The topological polar surface area (TPSA) is 43.6 Å². The first-order valence-corrected chi connectivity index (χ1v) is 10.4. The Balaban J connectivity index is 1.70. The van der Waals surface area contributed by atoms with Crippen LogP contribution < -0.4 is 9.54 Å². The third-order valence-corrected chi connectivity index (χ3v) is 6.01. The number of hydrogen-bond donors (Lipinski definition) is 0. The Hall–Kier alpha value is -2.60. The van der Waals surface area contributed by atoms with Crippen LogP contribution in [0.5, 0.6) is 5.75 Å². The Bertz CT molecular complexity index is 1310. The standard InChI is InChI=1S/C22H16Cl2N2O2S/c1-2-11-26-18-9-7-14-5-3-4-6-16(14)21(18)29-22(26)25-20(27)13-28-19-10-8-15(23)12-17(19)24/h2-10,12H,1,11,13H2. The van der Waals surface area contributed by atoms with Gasteiger partial charge in [-0.15, -0.1) is 6.58 Å². The molecule has 146 valence electrons. The number of carbonyl (C=O) groups excluding carboxylic acids is 1. The number of aromatic nitrogens is 1. The predicted molar refractivity (Wildman–Crippen MR) is 120 cm³/mol. The fourth-order valence-electron chi connectivity index (χ4n) is 3.06. The van der Waals surface area contributed by atoms with Crippen molar-refractivity contribution in [2.45, 2.75) is 6.54 Å². The van der Waals surface area contributed by atoms with Gasteiger partial charge in [-0.1, -0.05) is 70.9 Å². The number of halogens is 2. The number of fused-ring (bicyclic) bond motifs is 3. The Kier molecular flexibility index (Phi) is 5.72. The first-order chi connectivity index (χ1) is 14.1. The summed E-state index contributed by atoms with van der Waals surface area (Å²) in [7, 11) is 0. The molecule has 1 heterocycles. The van der Waals surface area contributed by atoms with Gasteiger partial charge in [0.2, 0.25) is 0 Å². The first kappa shape index (κ1) is 19.7. The molecule has 1 amide bonds. The monoisotopic (exact) mass is 442 g/mol. The van der Waals surface area contributed by atoms with Gasteiger partial charge in [-0.3, -0.25) is 4.79 Å². The molecule has 4 nitrogen and oxygen atoms in total. The second-order valence-corrected chi connectivity index (χ2v) is 8.11. The molecule has 0 spiro atoms. The lowest BCUT2D eigenvalue weighted by molar-refractivity contribution is -0.120. The van der Waals surface area contributed by atoms with Gasteiger partial charge in [0.05, 0.1) is 15.2 Å². The molecule has 0 saturated heterocycles. The second-order valence-electron chi connectivity index (χ2n) is 6.29. The molecule has 0 radical (unpaired) electrons. The highest BCUT2D eigenvalue weighted by molar-refractivity contribution is 7.17. The zero-order chi connectivity index (χ0) is 20.4. The maximum atomic E-state index is 12.5. The molecule has 0 fully saturated rings. The number of allylic oxidation sites excluding steroid dienone is 1. The molecule has 0 N–H and O–H groups in total. The van der Waals surface area contributed by atoms with E-state index in [-0.39, 0.29) is 6.61 Å². The smallest absolute Gasteiger partial charge is 0.286 e. The summed E-state index contributed by atoms with van der Waals surface area (Å²) in [5.74, 6) is -0.00869. The summed E-state index contributed by atoms with van der Waals surface area (Å²) in [6, 6.07) is 17.1. The van der Waals surface area contributed by atoms with Gasteiger partial charge in [0.15, 0.2) is 11.4 Å². The van der Waals surface area contributed by atoms with Crippen molar-refractivity contribution in [3.05, 3.63) is 82.1 Å². The molecule has 0 bridgehead atoms. The number of ether oxygens (including phenoxy) is 1. The van der Waals surface area contributed by atoms with Gasteiger partial charge in [-0.2, -0.15) is 4.99 Å². The van der Waals surface area contributed by atoms with Crippen LogP contribution in [0.25, 0.3) is 21.0 Å². The Labute approximate surface area is 181 Å². The van der Waals surface area contributed by atoms with E-state index in [0.717, 1.165) is 21.0 Å². The average molecular weight is 443 g/mol. The van der Waals surface area contributed by atoms with Gasteiger partial charge in [-0.25, -0.2) is 0 Å². The molecule has 4 aromatic rings. The zero-order valence-corrected chi connectivity index (χ0v) is 17.6. The van der Waals surface area contributed by atoms with Crippen molar-refractivity contribution in [1.82, 2.24) is 4.57 Å². The second kappa shape index (κ2) is 8.41. The lowest BCUT2D eigenvalue weighted by Gasteiger charge is -2.06. The Morgan fingerprint density at radius 1 is 1.17 bits per heavy atom. The van der Waals surface area contributed by atoms with Crippen LogP contribution in [0.3, 0.4) is 0 Å². The number of amides is 1. The summed E-state index contributed by atoms with van der Waals surface area (Å²) >= 11 is 13.4. The normalized spacial score (nSPS) is 11.9. The SMILES string of the molecule is C=CCn1c(=NC(=O)COc2ccc(Cl)cc2Cl)sc2c3ccccc3ccc21. The van der Waals surface area contributed by atoms with E-state index >= 15 is 0 Å². The first-order valence-electron chi connectivity index (χ1n) is 8.84. The van der Waals surface area contributed by atoms with Crippen LogP contribution in [0.2, 0.25) is 10.0 Å². The molecule has 0 unspecified atom stereocenters. The van der Waals surface area contributed by atoms with E-state index in [9.17, 15) is 4.79 Å². The fraction of sp³-hybridized carbons (Fsp3) is 0.0909. The lowest BCUT2D eigenvalue weighted by atomic mass is 10.1. The molecule has 0 aliphatic carbocycles. The van der Waals surface area contributed by atoms with Crippen LogP contribution in [-0.4, -0.2) is 17.1 Å². The summed E-state index contributed by atoms with van der Waals surface area (Å²) < 4.78 is 8.57. The zero-order valence-electron chi connectivity index (χ0n) is 15.3. The summed E-state index contributed by atoms with van der Waals surface area (Å²) in [6.07, 6.45) is 1.79. The third-order valence-electron chi connectivity index (χ3n) is 4.35. The van der Waals surface area contributed by atoms with Gasteiger partial charge < -0.3 is 9.30 Å². The van der Waals surface area contributed by atoms with Crippen LogP contribution in [0.1, 0.15) is 0 Å². The summed E-state index contributed by atoms with van der Waals surface area (Å²) in [4.78, 5) is 17.4. The van der Waals surface area contributed by atoms with Crippen molar-refractivity contribution >= 4 is 61.4 Å². The molecule has 29 heavy (non-hydrogen) atoms. The fourth-order valence-corrected chi connectivity index (χ4v) is 4.71. The predicted octanol–water partition coefficient (Wildman–Crippen LogP) is 5.86.